The fraction of sp³-hybridized carbons (Fsp3) is 0.400. The zero-order valence-electron chi connectivity index (χ0n) is 9.78. The molecule has 0 amide bonds. The third-order valence-electron chi connectivity index (χ3n) is 1.98. The third-order valence-corrected chi connectivity index (χ3v) is 3.82. The van der Waals surface area contributed by atoms with Crippen molar-refractivity contribution in [2.24, 2.45) is 0 Å². The third kappa shape index (κ3) is 2.63. The van der Waals surface area contributed by atoms with Gasteiger partial charge in [0.2, 0.25) is 5.88 Å². The Hall–Kier alpha value is -0.420. The molecule has 4 nitrogen and oxygen atoms in total. The number of pyridine rings is 1. The number of fused-ring (bicyclic) bond motifs is 1. The molecular weight excluding hydrogens is 336 g/mol. The maximum Gasteiger partial charge on any atom is 0.215 e. The first-order valence-corrected chi connectivity index (χ1v) is 9.09. The van der Waals surface area contributed by atoms with Crippen molar-refractivity contribution in [1.29, 1.82) is 0 Å². The molecular formula is C10H15IN3OP. The van der Waals surface area contributed by atoms with E-state index >= 15 is 0 Å². The molecule has 16 heavy (non-hydrogen) atoms. The topological polar surface area (TPSA) is 39.9 Å². The molecule has 0 bridgehead atoms. The summed E-state index contributed by atoms with van der Waals surface area (Å²) in [6.07, 6.45) is 0.560. The van der Waals surface area contributed by atoms with Gasteiger partial charge in [-0.2, -0.15) is 10.1 Å². The summed E-state index contributed by atoms with van der Waals surface area (Å²) in [5, 5.41) is 5.48. The molecule has 2 aromatic heterocycles. The summed E-state index contributed by atoms with van der Waals surface area (Å²) >= 11 is 2.29. The monoisotopic (exact) mass is 351 g/mol. The zero-order valence-corrected chi connectivity index (χ0v) is 12.9. The predicted molar refractivity (Wildman–Crippen MR) is 77.9 cm³/mol. The molecule has 0 radical (unpaired) electrons. The Morgan fingerprint density at radius 2 is 2.06 bits per heavy atom. The molecule has 1 atom stereocenters. The van der Waals surface area contributed by atoms with Crippen LogP contribution in [0.15, 0.2) is 12.1 Å². The van der Waals surface area contributed by atoms with Crippen molar-refractivity contribution in [3.8, 4) is 5.88 Å². The fourth-order valence-corrected chi connectivity index (χ4v) is 2.75. The normalized spacial score (nSPS) is 10.6. The average molecular weight is 351 g/mol. The number of nitrogens with zero attached hydrogens (tertiary/aromatic N) is 3. The van der Waals surface area contributed by atoms with E-state index in [0.717, 1.165) is 16.7 Å². The van der Waals surface area contributed by atoms with E-state index in [-0.39, 0.29) is 0 Å². The van der Waals surface area contributed by atoms with E-state index in [1.807, 2.05) is 37.4 Å². The smallest absolute Gasteiger partial charge is 0.215 e. The molecule has 2 heterocycles. The number of hydrogen-bond donors (Lipinski definition) is 0. The molecule has 2 rings (SSSR count). The van der Waals surface area contributed by atoms with Crippen molar-refractivity contribution in [1.82, 2.24) is 14.5 Å². The minimum absolute atomic E-state index is 0.560. The van der Waals surface area contributed by atoms with Crippen LogP contribution in [0.3, 0.4) is 0 Å². The van der Waals surface area contributed by atoms with Gasteiger partial charge in [0.25, 0.3) is 0 Å². The van der Waals surface area contributed by atoms with Gasteiger partial charge in [0.15, 0.2) is 5.65 Å². The fourth-order valence-electron chi connectivity index (χ4n) is 1.30. The molecule has 0 aliphatic heterocycles. The number of rotatable bonds is 2. The first-order chi connectivity index (χ1) is 7.76. The van der Waals surface area contributed by atoms with Gasteiger partial charge < -0.3 is 4.74 Å². The van der Waals surface area contributed by atoms with Crippen LogP contribution in [0, 0.1) is 6.92 Å². The Labute approximate surface area is 110 Å². The Morgan fingerprint density at radius 3 is 2.62 bits per heavy atom. The number of methoxy groups -OCH3 is 1. The number of halogens is 1. The lowest BCUT2D eigenvalue weighted by Gasteiger charge is -1.99. The van der Waals surface area contributed by atoms with E-state index < -0.39 is 0 Å². The van der Waals surface area contributed by atoms with Gasteiger partial charge >= 0.3 is 0 Å². The van der Waals surface area contributed by atoms with Crippen LogP contribution >= 0.6 is 28.4 Å². The second-order valence-corrected chi connectivity index (χ2v) is 4.85. The van der Waals surface area contributed by atoms with Crippen LogP contribution in [0.1, 0.15) is 19.5 Å². The van der Waals surface area contributed by atoms with Crippen molar-refractivity contribution in [3.63, 3.8) is 0 Å². The van der Waals surface area contributed by atoms with Crippen LogP contribution in [-0.2, 0) is 0 Å². The largest absolute Gasteiger partial charge is 0.481 e. The van der Waals surface area contributed by atoms with Gasteiger partial charge in [-0.3, -0.25) is 0 Å². The predicted octanol–water partition coefficient (Wildman–Crippen LogP) is 3.57. The van der Waals surface area contributed by atoms with Gasteiger partial charge in [-0.25, -0.2) is 4.45 Å². The summed E-state index contributed by atoms with van der Waals surface area (Å²) < 4.78 is 6.98. The van der Waals surface area contributed by atoms with Crippen LogP contribution in [0.2, 0.25) is 0 Å². The van der Waals surface area contributed by atoms with Gasteiger partial charge in [0.05, 0.1) is 19.2 Å². The van der Waals surface area contributed by atoms with Gasteiger partial charge in [0, 0.05) is 11.5 Å². The highest BCUT2D eigenvalue weighted by atomic mass is 127. The van der Waals surface area contributed by atoms with E-state index in [1.165, 1.54) is 0 Å². The average Bonchev–Trinajstić information content (AvgIpc) is 2.68. The van der Waals surface area contributed by atoms with E-state index in [9.17, 15) is 0 Å². The summed E-state index contributed by atoms with van der Waals surface area (Å²) in [6, 6.07) is 3.86. The molecule has 0 fully saturated rings. The minimum Gasteiger partial charge on any atom is -0.481 e. The van der Waals surface area contributed by atoms with Crippen LogP contribution < -0.4 is 4.74 Å². The van der Waals surface area contributed by atoms with Crippen LogP contribution in [0.5, 0.6) is 5.88 Å². The van der Waals surface area contributed by atoms with E-state index in [0.29, 0.717) is 12.3 Å². The summed E-state index contributed by atoms with van der Waals surface area (Å²) in [4.78, 5) is 4.37. The second kappa shape index (κ2) is 6.35. The van der Waals surface area contributed by atoms with Gasteiger partial charge in [0.1, 0.15) is 0 Å². The molecule has 0 spiro atoms. The molecule has 88 valence electrons. The standard InChI is InChI=1S/C8H9IN3OP.C2H6/c1-5-6-3-4-7(13-2)10-8(6)12(11-5)14-9;1-2/h3-4,14H,1-2H3;1-2H3. The highest BCUT2D eigenvalue weighted by Crippen LogP contribution is 2.29. The van der Waals surface area contributed by atoms with E-state index in [2.05, 4.69) is 32.1 Å². The first kappa shape index (κ1) is 13.6. The SMILES string of the molecule is CC.COc1ccc2c(C)nn(PI)c2n1. The van der Waals surface area contributed by atoms with Crippen molar-refractivity contribution in [2.45, 2.75) is 20.8 Å². The molecule has 0 saturated carbocycles. The Balaban J connectivity index is 0.000000606. The number of hydrogen-bond acceptors (Lipinski definition) is 3. The van der Waals surface area contributed by atoms with Crippen molar-refractivity contribution in [2.75, 3.05) is 7.11 Å². The lowest BCUT2D eigenvalue weighted by atomic mass is 10.3. The van der Waals surface area contributed by atoms with Gasteiger partial charge in [-0.05, 0) is 35.0 Å². The van der Waals surface area contributed by atoms with Crippen molar-refractivity contribution in [3.05, 3.63) is 17.8 Å². The quantitative estimate of drug-likeness (QED) is 0.614. The minimum atomic E-state index is 0.560. The molecule has 0 aliphatic carbocycles. The van der Waals surface area contributed by atoms with Gasteiger partial charge in [-0.15, -0.1) is 0 Å². The Bertz CT molecular complexity index is 472. The summed E-state index contributed by atoms with van der Waals surface area (Å²) in [7, 11) is 1.62. The molecule has 0 aromatic carbocycles. The zero-order chi connectivity index (χ0) is 12.1. The Morgan fingerprint density at radius 1 is 1.38 bits per heavy atom. The maximum atomic E-state index is 5.08. The first-order valence-electron chi connectivity index (χ1n) is 5.03. The number of aryl methyl sites for hydroxylation is 1. The molecule has 0 N–H and O–H groups in total. The van der Waals surface area contributed by atoms with Crippen molar-refractivity contribution < 1.29 is 4.74 Å². The van der Waals surface area contributed by atoms with Gasteiger partial charge in [-0.1, -0.05) is 13.8 Å². The highest BCUT2D eigenvalue weighted by molar-refractivity contribution is 14.2. The lowest BCUT2D eigenvalue weighted by Crippen LogP contribution is -1.90. The van der Waals surface area contributed by atoms with E-state index in [4.69, 9.17) is 4.74 Å². The molecule has 2 aromatic rings. The highest BCUT2D eigenvalue weighted by Gasteiger charge is 2.08. The van der Waals surface area contributed by atoms with Crippen LogP contribution in [0.4, 0.5) is 0 Å². The Kier molecular flexibility index (Phi) is 5.41. The summed E-state index contributed by atoms with van der Waals surface area (Å²) in [5.74, 6) is 0.633. The second-order valence-electron chi connectivity index (χ2n) is 2.81. The molecule has 1 unspecified atom stereocenters. The number of aromatic nitrogens is 3. The summed E-state index contributed by atoms with van der Waals surface area (Å²) in [6.45, 7) is 5.99. The lowest BCUT2D eigenvalue weighted by molar-refractivity contribution is 0.399. The van der Waals surface area contributed by atoms with E-state index in [1.54, 1.807) is 7.11 Å². The molecule has 0 saturated heterocycles. The summed E-state index contributed by atoms with van der Waals surface area (Å²) in [5.41, 5.74) is 1.91. The van der Waals surface area contributed by atoms with Crippen LogP contribution in [-0.4, -0.2) is 21.6 Å². The molecule has 0 aliphatic rings. The number of ether oxygens (including phenoxy) is 1. The van der Waals surface area contributed by atoms with Crippen molar-refractivity contribution >= 4 is 39.4 Å². The van der Waals surface area contributed by atoms with Crippen LogP contribution in [0.25, 0.3) is 11.0 Å². The molecule has 6 heteroatoms. The maximum absolute atomic E-state index is 5.08.